The maximum Gasteiger partial charge on any atom is 0.429 e. The van der Waals surface area contributed by atoms with Gasteiger partial charge < -0.3 is 10.4 Å². The van der Waals surface area contributed by atoms with Gasteiger partial charge in [-0.1, -0.05) is 23.5 Å². The number of aliphatic hydroxyl groups is 1. The lowest BCUT2D eigenvalue weighted by molar-refractivity contribution is -0.247. The molecule has 9 heteroatoms. The summed E-state index contributed by atoms with van der Waals surface area (Å²) in [7, 11) is 1.55. The van der Waals surface area contributed by atoms with Crippen molar-refractivity contribution in [1.29, 1.82) is 0 Å². The van der Waals surface area contributed by atoms with E-state index in [1.54, 1.807) is 31.3 Å². The van der Waals surface area contributed by atoms with Gasteiger partial charge in [-0.25, -0.2) is 9.97 Å². The van der Waals surface area contributed by atoms with E-state index in [-0.39, 0.29) is 4.88 Å². The number of benzene rings is 1. The second kappa shape index (κ2) is 5.18. The molecular formula is C13H10F3N3OS2. The zero-order valence-corrected chi connectivity index (χ0v) is 12.8. The number of rotatable bonds is 3. The Labute approximate surface area is 131 Å². The maximum absolute atomic E-state index is 13.6. The Morgan fingerprint density at radius 3 is 2.50 bits per heavy atom. The van der Waals surface area contributed by atoms with E-state index < -0.39 is 16.8 Å². The van der Waals surface area contributed by atoms with Gasteiger partial charge in [-0.15, -0.1) is 11.3 Å². The number of nitrogens with zero attached hydrogens (tertiary/aromatic N) is 2. The molecule has 0 saturated heterocycles. The van der Waals surface area contributed by atoms with Crippen molar-refractivity contribution >= 4 is 38.0 Å². The highest BCUT2D eigenvalue weighted by Gasteiger charge is 2.59. The van der Waals surface area contributed by atoms with Gasteiger partial charge in [-0.3, -0.25) is 0 Å². The number of aromatic nitrogens is 2. The van der Waals surface area contributed by atoms with Crippen LogP contribution < -0.4 is 5.32 Å². The summed E-state index contributed by atoms with van der Waals surface area (Å²) in [6.45, 7) is 0. The highest BCUT2D eigenvalue weighted by molar-refractivity contribution is 7.19. The van der Waals surface area contributed by atoms with Crippen molar-refractivity contribution in [2.45, 2.75) is 11.8 Å². The lowest BCUT2D eigenvalue weighted by Gasteiger charge is -2.26. The molecule has 116 valence electrons. The number of nitrogens with one attached hydrogen (secondary N) is 1. The first-order chi connectivity index (χ1) is 10.4. The average molecular weight is 345 g/mol. The van der Waals surface area contributed by atoms with Crippen LogP contribution >= 0.6 is 22.7 Å². The van der Waals surface area contributed by atoms with Crippen molar-refractivity contribution in [2.75, 3.05) is 12.4 Å². The van der Waals surface area contributed by atoms with Crippen molar-refractivity contribution in [2.24, 2.45) is 0 Å². The predicted octanol–water partition coefficient (Wildman–Crippen LogP) is 3.59. The predicted molar refractivity (Wildman–Crippen MR) is 80.3 cm³/mol. The number of thiazole rings is 2. The number of hydrogen-bond donors (Lipinski definition) is 2. The van der Waals surface area contributed by atoms with E-state index in [4.69, 9.17) is 0 Å². The molecule has 22 heavy (non-hydrogen) atoms. The third kappa shape index (κ3) is 2.25. The first-order valence-corrected chi connectivity index (χ1v) is 7.79. The Balaban J connectivity index is 2.21. The Morgan fingerprint density at radius 2 is 1.91 bits per heavy atom. The van der Waals surface area contributed by atoms with Gasteiger partial charge in [-0.2, -0.15) is 13.2 Å². The van der Waals surface area contributed by atoms with E-state index in [0.29, 0.717) is 15.3 Å². The normalized spacial score (nSPS) is 15.0. The summed E-state index contributed by atoms with van der Waals surface area (Å²) in [5, 5.41) is 13.0. The fourth-order valence-corrected chi connectivity index (χ4v) is 3.99. The standard InChI is InChI=1S/C13H10F3N3OS2/c1-17-11-18-6-9(22-11)12(20,13(14,15)16)10-19-7-4-2-3-5-8(7)21-10/h2-6,20H,1H3,(H,17,18). The monoisotopic (exact) mass is 345 g/mol. The van der Waals surface area contributed by atoms with E-state index in [9.17, 15) is 18.3 Å². The van der Waals surface area contributed by atoms with E-state index in [1.807, 2.05) is 0 Å². The van der Waals surface area contributed by atoms with Crippen LogP contribution in [0.2, 0.25) is 0 Å². The molecule has 2 N–H and O–H groups in total. The van der Waals surface area contributed by atoms with Gasteiger partial charge in [0.05, 0.1) is 15.1 Å². The minimum atomic E-state index is -4.90. The lowest BCUT2D eigenvalue weighted by atomic mass is 10.0. The molecule has 0 radical (unpaired) electrons. The fourth-order valence-electron chi connectivity index (χ4n) is 1.95. The summed E-state index contributed by atoms with van der Waals surface area (Å²) in [6, 6.07) is 6.67. The molecule has 1 atom stereocenters. The summed E-state index contributed by atoms with van der Waals surface area (Å²) in [4.78, 5) is 7.47. The van der Waals surface area contributed by atoms with Crippen LogP contribution in [0.1, 0.15) is 9.88 Å². The first kappa shape index (κ1) is 15.2. The number of anilines is 1. The molecule has 0 aliphatic heterocycles. The van der Waals surface area contributed by atoms with E-state index in [0.717, 1.165) is 28.9 Å². The molecule has 0 spiro atoms. The molecule has 0 amide bonds. The number of fused-ring (bicyclic) bond motifs is 1. The second-order valence-corrected chi connectivity index (χ2v) is 6.54. The zero-order chi connectivity index (χ0) is 16.0. The molecule has 1 aromatic carbocycles. The SMILES string of the molecule is CNc1ncc(C(O)(c2nc3ccccc3s2)C(F)(F)F)s1. The number of halogens is 3. The minimum Gasteiger partial charge on any atom is -0.370 e. The maximum atomic E-state index is 13.6. The van der Waals surface area contributed by atoms with Crippen LogP contribution in [0.4, 0.5) is 18.3 Å². The van der Waals surface area contributed by atoms with Crippen molar-refractivity contribution in [3.8, 4) is 0 Å². The van der Waals surface area contributed by atoms with E-state index in [1.165, 1.54) is 0 Å². The van der Waals surface area contributed by atoms with Crippen LogP contribution in [-0.4, -0.2) is 28.3 Å². The summed E-state index contributed by atoms with van der Waals surface area (Å²) in [5.74, 6) is 0. The van der Waals surface area contributed by atoms with Gasteiger partial charge in [-0.05, 0) is 12.1 Å². The Hall–Kier alpha value is -1.71. The Morgan fingerprint density at radius 1 is 1.18 bits per heavy atom. The van der Waals surface area contributed by atoms with Crippen molar-refractivity contribution in [3.63, 3.8) is 0 Å². The summed E-state index contributed by atoms with van der Waals surface area (Å²) >= 11 is 1.57. The molecule has 0 aliphatic rings. The highest BCUT2D eigenvalue weighted by atomic mass is 32.1. The molecule has 2 heterocycles. The highest BCUT2D eigenvalue weighted by Crippen LogP contribution is 2.48. The quantitative estimate of drug-likeness (QED) is 0.762. The van der Waals surface area contributed by atoms with Gasteiger partial charge in [0.1, 0.15) is 5.01 Å². The number of hydrogen-bond acceptors (Lipinski definition) is 6. The summed E-state index contributed by atoms with van der Waals surface area (Å²) in [5.41, 5.74) is -2.74. The third-order valence-electron chi connectivity index (χ3n) is 3.09. The van der Waals surface area contributed by atoms with Crippen LogP contribution in [0.15, 0.2) is 30.5 Å². The van der Waals surface area contributed by atoms with Crippen LogP contribution in [-0.2, 0) is 5.60 Å². The van der Waals surface area contributed by atoms with Crippen molar-refractivity contribution in [3.05, 3.63) is 40.3 Å². The van der Waals surface area contributed by atoms with Gasteiger partial charge in [0.25, 0.3) is 0 Å². The van der Waals surface area contributed by atoms with E-state index >= 15 is 0 Å². The molecule has 4 nitrogen and oxygen atoms in total. The molecule has 0 fully saturated rings. The van der Waals surface area contributed by atoms with Gasteiger partial charge in [0.2, 0.25) is 5.60 Å². The fraction of sp³-hybridized carbons (Fsp3) is 0.231. The molecule has 1 unspecified atom stereocenters. The third-order valence-corrected chi connectivity index (χ3v) is 5.36. The van der Waals surface area contributed by atoms with Crippen LogP contribution in [0.5, 0.6) is 0 Å². The summed E-state index contributed by atoms with van der Waals surface area (Å²) < 4.78 is 41.4. The topological polar surface area (TPSA) is 58.0 Å². The molecule has 3 aromatic rings. The Bertz CT molecular complexity index is 781. The molecule has 3 rings (SSSR count). The largest absolute Gasteiger partial charge is 0.429 e. The van der Waals surface area contributed by atoms with E-state index in [2.05, 4.69) is 15.3 Å². The molecular weight excluding hydrogens is 335 g/mol. The number of para-hydroxylation sites is 1. The van der Waals surface area contributed by atoms with Crippen LogP contribution in [0.25, 0.3) is 10.2 Å². The molecule has 0 saturated carbocycles. The van der Waals surface area contributed by atoms with Crippen molar-refractivity contribution in [1.82, 2.24) is 9.97 Å². The molecule has 0 aliphatic carbocycles. The smallest absolute Gasteiger partial charge is 0.370 e. The zero-order valence-electron chi connectivity index (χ0n) is 11.2. The van der Waals surface area contributed by atoms with Gasteiger partial charge >= 0.3 is 6.18 Å². The lowest BCUT2D eigenvalue weighted by Crippen LogP contribution is -2.42. The van der Waals surface area contributed by atoms with Gasteiger partial charge in [0.15, 0.2) is 5.13 Å². The first-order valence-electron chi connectivity index (χ1n) is 6.15. The second-order valence-electron chi connectivity index (χ2n) is 4.47. The average Bonchev–Trinajstić information content (AvgIpc) is 3.11. The van der Waals surface area contributed by atoms with Crippen LogP contribution in [0, 0.1) is 0 Å². The van der Waals surface area contributed by atoms with Crippen LogP contribution in [0.3, 0.4) is 0 Å². The molecule has 0 bridgehead atoms. The minimum absolute atomic E-state index is 0.291. The van der Waals surface area contributed by atoms with Gasteiger partial charge in [0, 0.05) is 13.2 Å². The molecule has 2 aromatic heterocycles. The van der Waals surface area contributed by atoms with Crippen molar-refractivity contribution < 1.29 is 18.3 Å². The Kier molecular flexibility index (Phi) is 3.58. The number of alkyl halides is 3. The summed E-state index contributed by atoms with van der Waals surface area (Å²) in [6.07, 6.45) is -3.88.